The summed E-state index contributed by atoms with van der Waals surface area (Å²) in [5.41, 5.74) is 1.17. The van der Waals surface area contributed by atoms with E-state index in [2.05, 4.69) is 5.32 Å². The standard InChI is InChI=1S/C16H22ClNO2S/c17-14-7-5-12(6-8-14)10-21-11-16(20)18-9-13-3-1-2-4-15(13)19/h5-8,13,15,19H,1-4,9-11H2,(H,18,20). The zero-order valence-electron chi connectivity index (χ0n) is 12.1. The van der Waals surface area contributed by atoms with Crippen LogP contribution in [0.4, 0.5) is 0 Å². The molecule has 3 nitrogen and oxygen atoms in total. The van der Waals surface area contributed by atoms with E-state index in [1.807, 2.05) is 24.3 Å². The minimum Gasteiger partial charge on any atom is -0.393 e. The maximum absolute atomic E-state index is 11.8. The number of aliphatic hydroxyl groups is 1. The smallest absolute Gasteiger partial charge is 0.230 e. The van der Waals surface area contributed by atoms with E-state index < -0.39 is 0 Å². The number of halogens is 1. The molecule has 0 aromatic heterocycles. The molecular weight excluding hydrogens is 306 g/mol. The Kier molecular flexibility index (Phi) is 6.87. The number of nitrogens with one attached hydrogen (secondary N) is 1. The lowest BCUT2D eigenvalue weighted by Gasteiger charge is -2.27. The van der Waals surface area contributed by atoms with Crippen LogP contribution in [0.25, 0.3) is 0 Å². The molecule has 0 aliphatic heterocycles. The van der Waals surface area contributed by atoms with Crippen LogP contribution in [0.2, 0.25) is 5.02 Å². The summed E-state index contributed by atoms with van der Waals surface area (Å²) in [4.78, 5) is 11.8. The highest BCUT2D eigenvalue weighted by Crippen LogP contribution is 2.23. The van der Waals surface area contributed by atoms with Crippen LogP contribution in [-0.2, 0) is 10.5 Å². The summed E-state index contributed by atoms with van der Waals surface area (Å²) in [5, 5.41) is 13.5. The SMILES string of the molecule is O=C(CSCc1ccc(Cl)cc1)NCC1CCCCC1O. The van der Waals surface area contributed by atoms with Gasteiger partial charge in [-0.15, -0.1) is 11.8 Å². The van der Waals surface area contributed by atoms with Gasteiger partial charge < -0.3 is 10.4 Å². The molecule has 1 aromatic rings. The molecule has 1 saturated carbocycles. The first-order valence-corrected chi connectivity index (χ1v) is 8.95. The van der Waals surface area contributed by atoms with Crippen molar-refractivity contribution >= 4 is 29.3 Å². The van der Waals surface area contributed by atoms with Crippen LogP contribution in [0.15, 0.2) is 24.3 Å². The fourth-order valence-corrected chi connectivity index (χ4v) is 3.51. The van der Waals surface area contributed by atoms with Crippen molar-refractivity contribution in [3.63, 3.8) is 0 Å². The molecular formula is C16H22ClNO2S. The first-order chi connectivity index (χ1) is 10.1. The third-order valence-corrected chi connectivity index (χ3v) is 5.10. The van der Waals surface area contributed by atoms with Crippen molar-refractivity contribution in [1.29, 1.82) is 0 Å². The maximum atomic E-state index is 11.8. The second-order valence-corrected chi connectivity index (χ2v) is 6.96. The Labute approximate surface area is 135 Å². The van der Waals surface area contributed by atoms with Crippen molar-refractivity contribution in [3.8, 4) is 0 Å². The van der Waals surface area contributed by atoms with E-state index in [-0.39, 0.29) is 17.9 Å². The predicted octanol–water partition coefficient (Wildman–Crippen LogP) is 3.24. The number of carbonyl (C=O) groups excluding carboxylic acids is 1. The van der Waals surface area contributed by atoms with Crippen molar-refractivity contribution in [2.45, 2.75) is 37.5 Å². The summed E-state index contributed by atoms with van der Waals surface area (Å²) in [6.07, 6.45) is 3.89. The van der Waals surface area contributed by atoms with Crippen LogP contribution in [-0.4, -0.2) is 29.4 Å². The summed E-state index contributed by atoms with van der Waals surface area (Å²) in [6.45, 7) is 0.599. The van der Waals surface area contributed by atoms with Gasteiger partial charge in [-0.1, -0.05) is 36.6 Å². The van der Waals surface area contributed by atoms with Gasteiger partial charge in [-0.05, 0) is 30.5 Å². The minimum atomic E-state index is -0.249. The first-order valence-electron chi connectivity index (χ1n) is 7.42. The van der Waals surface area contributed by atoms with Crippen LogP contribution in [0, 0.1) is 5.92 Å². The molecule has 0 spiro atoms. The Morgan fingerprint density at radius 1 is 1.29 bits per heavy atom. The minimum absolute atomic E-state index is 0.0479. The highest BCUT2D eigenvalue weighted by molar-refractivity contribution is 7.99. The largest absolute Gasteiger partial charge is 0.393 e. The summed E-state index contributed by atoms with van der Waals surface area (Å²) in [5.74, 6) is 1.53. The number of amides is 1. The molecule has 0 saturated heterocycles. The van der Waals surface area contributed by atoms with Gasteiger partial charge >= 0.3 is 0 Å². The fourth-order valence-electron chi connectivity index (χ4n) is 2.56. The summed E-state index contributed by atoms with van der Waals surface area (Å²) in [6, 6.07) is 7.68. The van der Waals surface area contributed by atoms with E-state index in [0.29, 0.717) is 12.3 Å². The topological polar surface area (TPSA) is 49.3 Å². The van der Waals surface area contributed by atoms with Crippen LogP contribution >= 0.6 is 23.4 Å². The summed E-state index contributed by atoms with van der Waals surface area (Å²) in [7, 11) is 0. The zero-order chi connectivity index (χ0) is 15.1. The van der Waals surface area contributed by atoms with Gasteiger partial charge in [-0.25, -0.2) is 0 Å². The first kappa shape index (κ1) is 16.7. The third kappa shape index (κ3) is 5.89. The molecule has 116 valence electrons. The van der Waals surface area contributed by atoms with Crippen molar-refractivity contribution in [2.24, 2.45) is 5.92 Å². The van der Waals surface area contributed by atoms with E-state index in [1.165, 1.54) is 5.56 Å². The fraction of sp³-hybridized carbons (Fsp3) is 0.562. The Bertz CT molecular complexity index is 452. The van der Waals surface area contributed by atoms with Crippen LogP contribution < -0.4 is 5.32 Å². The molecule has 0 heterocycles. The van der Waals surface area contributed by atoms with E-state index in [4.69, 9.17) is 11.6 Å². The van der Waals surface area contributed by atoms with Crippen molar-refractivity contribution < 1.29 is 9.90 Å². The molecule has 21 heavy (non-hydrogen) atoms. The van der Waals surface area contributed by atoms with Gasteiger partial charge in [-0.2, -0.15) is 0 Å². The van der Waals surface area contributed by atoms with Crippen LogP contribution in [0.1, 0.15) is 31.2 Å². The molecule has 0 radical (unpaired) electrons. The van der Waals surface area contributed by atoms with Gasteiger partial charge in [0.1, 0.15) is 0 Å². The number of carbonyl (C=O) groups is 1. The Morgan fingerprint density at radius 2 is 2.00 bits per heavy atom. The van der Waals surface area contributed by atoms with Crippen molar-refractivity contribution in [2.75, 3.05) is 12.3 Å². The number of rotatable bonds is 6. The number of thioether (sulfide) groups is 1. The lowest BCUT2D eigenvalue weighted by Crippen LogP contribution is -2.37. The molecule has 0 bridgehead atoms. The number of aliphatic hydroxyl groups excluding tert-OH is 1. The van der Waals surface area contributed by atoms with Gasteiger partial charge in [0.15, 0.2) is 0 Å². The lowest BCUT2D eigenvalue weighted by molar-refractivity contribution is -0.119. The van der Waals surface area contributed by atoms with Crippen molar-refractivity contribution in [1.82, 2.24) is 5.32 Å². The van der Waals surface area contributed by atoms with Crippen molar-refractivity contribution in [3.05, 3.63) is 34.9 Å². The molecule has 1 amide bonds. The second kappa shape index (κ2) is 8.66. The van der Waals surface area contributed by atoms with E-state index >= 15 is 0 Å². The molecule has 5 heteroatoms. The van der Waals surface area contributed by atoms with E-state index in [9.17, 15) is 9.90 Å². The Balaban J connectivity index is 1.62. The van der Waals surface area contributed by atoms with Gasteiger partial charge in [-0.3, -0.25) is 4.79 Å². The van der Waals surface area contributed by atoms with E-state index in [1.54, 1.807) is 11.8 Å². The van der Waals surface area contributed by atoms with Gasteiger partial charge in [0.25, 0.3) is 0 Å². The van der Waals surface area contributed by atoms with Gasteiger partial charge in [0.05, 0.1) is 11.9 Å². The molecule has 1 aromatic carbocycles. The second-order valence-electron chi connectivity index (χ2n) is 5.54. The predicted molar refractivity (Wildman–Crippen MR) is 88.6 cm³/mol. The highest BCUT2D eigenvalue weighted by Gasteiger charge is 2.23. The summed E-state index contributed by atoms with van der Waals surface area (Å²) >= 11 is 7.42. The molecule has 2 atom stereocenters. The average Bonchev–Trinajstić information content (AvgIpc) is 2.48. The molecule has 1 aliphatic carbocycles. The number of hydrogen-bond donors (Lipinski definition) is 2. The van der Waals surface area contributed by atoms with Crippen LogP contribution in [0.3, 0.4) is 0 Å². The van der Waals surface area contributed by atoms with Gasteiger partial charge in [0.2, 0.25) is 5.91 Å². The maximum Gasteiger partial charge on any atom is 0.230 e. The Morgan fingerprint density at radius 3 is 2.71 bits per heavy atom. The zero-order valence-corrected chi connectivity index (χ0v) is 13.6. The highest BCUT2D eigenvalue weighted by atomic mass is 35.5. The van der Waals surface area contributed by atoms with Crippen LogP contribution in [0.5, 0.6) is 0 Å². The molecule has 2 N–H and O–H groups in total. The lowest BCUT2D eigenvalue weighted by atomic mass is 9.86. The molecule has 2 rings (SSSR count). The average molecular weight is 328 g/mol. The Hall–Kier alpha value is -0.710. The quantitative estimate of drug-likeness (QED) is 0.843. The summed E-state index contributed by atoms with van der Waals surface area (Å²) < 4.78 is 0. The number of benzene rings is 1. The molecule has 1 fully saturated rings. The molecule has 2 unspecified atom stereocenters. The molecule has 1 aliphatic rings. The van der Waals surface area contributed by atoms with Gasteiger partial charge in [0, 0.05) is 23.2 Å². The number of hydrogen-bond acceptors (Lipinski definition) is 3. The monoisotopic (exact) mass is 327 g/mol. The third-order valence-electron chi connectivity index (χ3n) is 3.85. The normalized spacial score (nSPS) is 22.0. The van der Waals surface area contributed by atoms with E-state index in [0.717, 1.165) is 36.5 Å².